The van der Waals surface area contributed by atoms with Crippen molar-refractivity contribution in [1.82, 2.24) is 10.3 Å². The molecule has 0 unspecified atom stereocenters. The summed E-state index contributed by atoms with van der Waals surface area (Å²) < 4.78 is 0. The summed E-state index contributed by atoms with van der Waals surface area (Å²) in [5, 5.41) is 6.35. The zero-order valence-electron chi connectivity index (χ0n) is 12.1. The van der Waals surface area contributed by atoms with E-state index in [1.165, 1.54) is 18.4 Å². The monoisotopic (exact) mass is 281 g/mol. The van der Waals surface area contributed by atoms with Crippen LogP contribution in [-0.2, 0) is 6.54 Å². The van der Waals surface area contributed by atoms with Crippen LogP contribution in [0.3, 0.4) is 0 Å². The van der Waals surface area contributed by atoms with Crippen LogP contribution < -0.4 is 10.6 Å². The van der Waals surface area contributed by atoms with Gasteiger partial charge in [0, 0.05) is 24.5 Å². The second-order valence-corrected chi connectivity index (χ2v) is 5.48. The molecule has 0 aliphatic heterocycles. The SMILES string of the molecule is Cc1cccnc1C(=O)Nc1ccc(CNC2CC2)cc1. The molecule has 3 rings (SSSR count). The van der Waals surface area contributed by atoms with E-state index in [2.05, 4.69) is 15.6 Å². The molecule has 1 saturated carbocycles. The van der Waals surface area contributed by atoms with Crippen LogP contribution in [0.15, 0.2) is 42.6 Å². The Labute approximate surface area is 124 Å². The Morgan fingerprint density at radius 2 is 2.00 bits per heavy atom. The van der Waals surface area contributed by atoms with Crippen molar-refractivity contribution in [3.63, 3.8) is 0 Å². The minimum absolute atomic E-state index is 0.169. The van der Waals surface area contributed by atoms with Crippen LogP contribution in [0.1, 0.15) is 34.5 Å². The quantitative estimate of drug-likeness (QED) is 0.886. The van der Waals surface area contributed by atoms with Crippen molar-refractivity contribution in [2.45, 2.75) is 32.4 Å². The van der Waals surface area contributed by atoms with Gasteiger partial charge in [-0.3, -0.25) is 9.78 Å². The largest absolute Gasteiger partial charge is 0.321 e. The van der Waals surface area contributed by atoms with Gasteiger partial charge in [0.25, 0.3) is 5.91 Å². The number of amides is 1. The number of carbonyl (C=O) groups is 1. The Hall–Kier alpha value is -2.20. The molecule has 1 aliphatic carbocycles. The summed E-state index contributed by atoms with van der Waals surface area (Å²) >= 11 is 0. The molecule has 1 heterocycles. The van der Waals surface area contributed by atoms with Crippen molar-refractivity contribution in [3.05, 3.63) is 59.4 Å². The van der Waals surface area contributed by atoms with Gasteiger partial charge in [0.05, 0.1) is 0 Å². The van der Waals surface area contributed by atoms with Crippen LogP contribution in [0.25, 0.3) is 0 Å². The van der Waals surface area contributed by atoms with Crippen molar-refractivity contribution in [2.75, 3.05) is 5.32 Å². The van der Waals surface area contributed by atoms with E-state index in [9.17, 15) is 4.79 Å². The summed E-state index contributed by atoms with van der Waals surface area (Å²) in [4.78, 5) is 16.3. The molecule has 21 heavy (non-hydrogen) atoms. The summed E-state index contributed by atoms with van der Waals surface area (Å²) in [5.41, 5.74) is 3.37. The fraction of sp³-hybridized carbons (Fsp3) is 0.294. The summed E-state index contributed by atoms with van der Waals surface area (Å²) in [7, 11) is 0. The van der Waals surface area contributed by atoms with Gasteiger partial charge in [0.15, 0.2) is 0 Å². The highest BCUT2D eigenvalue weighted by molar-refractivity contribution is 6.03. The fourth-order valence-electron chi connectivity index (χ4n) is 2.17. The second kappa shape index (κ2) is 6.06. The van der Waals surface area contributed by atoms with Crippen molar-refractivity contribution in [1.29, 1.82) is 0 Å². The summed E-state index contributed by atoms with van der Waals surface area (Å²) in [6, 6.07) is 12.4. The molecule has 4 nitrogen and oxygen atoms in total. The highest BCUT2D eigenvalue weighted by Gasteiger charge is 2.19. The highest BCUT2D eigenvalue weighted by Crippen LogP contribution is 2.19. The molecule has 2 N–H and O–H groups in total. The number of pyridine rings is 1. The first kappa shape index (κ1) is 13.8. The van der Waals surface area contributed by atoms with E-state index < -0.39 is 0 Å². The van der Waals surface area contributed by atoms with Gasteiger partial charge in [-0.2, -0.15) is 0 Å². The van der Waals surface area contributed by atoms with Gasteiger partial charge < -0.3 is 10.6 Å². The molecule has 4 heteroatoms. The van der Waals surface area contributed by atoms with Crippen molar-refractivity contribution in [3.8, 4) is 0 Å². The maximum Gasteiger partial charge on any atom is 0.274 e. The lowest BCUT2D eigenvalue weighted by atomic mass is 10.2. The molecule has 1 amide bonds. The van der Waals surface area contributed by atoms with Crippen LogP contribution in [0, 0.1) is 6.92 Å². The molecular weight excluding hydrogens is 262 g/mol. The number of anilines is 1. The Morgan fingerprint density at radius 1 is 1.24 bits per heavy atom. The third-order valence-electron chi connectivity index (χ3n) is 3.61. The molecule has 1 aliphatic rings. The number of hydrogen-bond acceptors (Lipinski definition) is 3. The molecule has 1 aromatic carbocycles. The minimum Gasteiger partial charge on any atom is -0.321 e. The Balaban J connectivity index is 1.61. The van der Waals surface area contributed by atoms with Gasteiger partial charge in [-0.05, 0) is 49.1 Å². The summed E-state index contributed by atoms with van der Waals surface area (Å²) in [5.74, 6) is -0.169. The molecular formula is C17H19N3O. The van der Waals surface area contributed by atoms with Gasteiger partial charge >= 0.3 is 0 Å². The first-order chi connectivity index (χ1) is 10.2. The zero-order chi connectivity index (χ0) is 14.7. The van der Waals surface area contributed by atoms with Crippen LogP contribution in [0.2, 0.25) is 0 Å². The standard InChI is InChI=1S/C17H19N3O/c1-12-3-2-10-18-16(12)17(21)20-15-6-4-13(5-7-15)11-19-14-8-9-14/h2-7,10,14,19H,8-9,11H2,1H3,(H,20,21). The van der Waals surface area contributed by atoms with Crippen molar-refractivity contribution < 1.29 is 4.79 Å². The number of nitrogens with zero attached hydrogens (tertiary/aromatic N) is 1. The maximum absolute atomic E-state index is 12.2. The number of aryl methyl sites for hydroxylation is 1. The van der Waals surface area contributed by atoms with Gasteiger partial charge in [-0.25, -0.2) is 0 Å². The number of rotatable bonds is 5. The van der Waals surface area contributed by atoms with E-state index in [1.54, 1.807) is 6.20 Å². The molecule has 108 valence electrons. The third-order valence-corrected chi connectivity index (χ3v) is 3.61. The number of benzene rings is 1. The lowest BCUT2D eigenvalue weighted by Crippen LogP contribution is -2.16. The molecule has 0 spiro atoms. The van der Waals surface area contributed by atoms with E-state index in [-0.39, 0.29) is 5.91 Å². The van der Waals surface area contributed by atoms with Gasteiger partial charge in [-0.15, -0.1) is 0 Å². The molecule has 0 radical (unpaired) electrons. The number of carbonyl (C=O) groups excluding carboxylic acids is 1. The van der Waals surface area contributed by atoms with Gasteiger partial charge in [-0.1, -0.05) is 18.2 Å². The van der Waals surface area contributed by atoms with Crippen LogP contribution in [-0.4, -0.2) is 16.9 Å². The molecule has 2 aromatic rings. The van der Waals surface area contributed by atoms with Crippen molar-refractivity contribution >= 4 is 11.6 Å². The maximum atomic E-state index is 12.2. The van der Waals surface area contributed by atoms with Crippen LogP contribution >= 0.6 is 0 Å². The van der Waals surface area contributed by atoms with E-state index in [4.69, 9.17) is 0 Å². The predicted octanol–water partition coefficient (Wildman–Crippen LogP) is 2.89. The first-order valence-electron chi connectivity index (χ1n) is 7.27. The Morgan fingerprint density at radius 3 is 2.67 bits per heavy atom. The predicted molar refractivity (Wildman–Crippen MR) is 83.2 cm³/mol. The van der Waals surface area contributed by atoms with Gasteiger partial charge in [0.1, 0.15) is 5.69 Å². The molecule has 1 aromatic heterocycles. The van der Waals surface area contributed by atoms with E-state index in [1.807, 2.05) is 43.3 Å². The Bertz CT molecular complexity index is 633. The number of aromatic nitrogens is 1. The van der Waals surface area contributed by atoms with Crippen LogP contribution in [0.5, 0.6) is 0 Å². The van der Waals surface area contributed by atoms with E-state index >= 15 is 0 Å². The van der Waals surface area contributed by atoms with Crippen molar-refractivity contribution in [2.24, 2.45) is 0 Å². The lowest BCUT2D eigenvalue weighted by Gasteiger charge is -2.08. The smallest absolute Gasteiger partial charge is 0.274 e. The van der Waals surface area contributed by atoms with E-state index in [0.29, 0.717) is 11.7 Å². The lowest BCUT2D eigenvalue weighted by molar-refractivity contribution is 0.102. The highest BCUT2D eigenvalue weighted by atomic mass is 16.1. The van der Waals surface area contributed by atoms with E-state index in [0.717, 1.165) is 17.8 Å². The molecule has 0 bridgehead atoms. The van der Waals surface area contributed by atoms with Crippen LogP contribution in [0.4, 0.5) is 5.69 Å². The number of nitrogens with one attached hydrogen (secondary N) is 2. The second-order valence-electron chi connectivity index (χ2n) is 5.48. The zero-order valence-corrected chi connectivity index (χ0v) is 12.1. The molecule has 1 fully saturated rings. The van der Waals surface area contributed by atoms with Gasteiger partial charge in [0.2, 0.25) is 0 Å². The minimum atomic E-state index is -0.169. The third kappa shape index (κ3) is 3.67. The molecule has 0 atom stereocenters. The normalized spacial score (nSPS) is 14.0. The summed E-state index contributed by atoms with van der Waals surface area (Å²) in [6.07, 6.45) is 4.21. The topological polar surface area (TPSA) is 54.0 Å². The molecule has 0 saturated heterocycles. The Kier molecular flexibility index (Phi) is 3.97. The fourth-order valence-corrected chi connectivity index (χ4v) is 2.17. The first-order valence-corrected chi connectivity index (χ1v) is 7.27. The number of hydrogen-bond donors (Lipinski definition) is 2. The summed E-state index contributed by atoms with van der Waals surface area (Å²) in [6.45, 7) is 2.77. The average Bonchev–Trinajstić information content (AvgIpc) is 3.31. The average molecular weight is 281 g/mol.